The monoisotopic (exact) mass is 460 g/mol. The Bertz CT molecular complexity index is 907. The fraction of sp³-hybridized carbons (Fsp3) is 0.520. The zero-order chi connectivity index (χ0) is 23.3. The summed E-state index contributed by atoms with van der Waals surface area (Å²) in [5.74, 6) is 0.924. The first kappa shape index (κ1) is 23.5. The van der Waals surface area contributed by atoms with E-state index in [1.165, 1.54) is 37.8 Å². The van der Waals surface area contributed by atoms with E-state index in [0.29, 0.717) is 31.7 Å². The summed E-state index contributed by atoms with van der Waals surface area (Å²) in [7, 11) is 0. The number of nitrogens with zero attached hydrogens (tertiary/aromatic N) is 4. The molecule has 4 rings (SSSR count). The van der Waals surface area contributed by atoms with Crippen molar-refractivity contribution in [2.75, 3.05) is 44.2 Å². The molecule has 1 amide bonds. The van der Waals surface area contributed by atoms with Crippen molar-refractivity contribution in [3.63, 3.8) is 0 Å². The van der Waals surface area contributed by atoms with Gasteiger partial charge in [0, 0.05) is 52.0 Å². The van der Waals surface area contributed by atoms with E-state index < -0.39 is 11.7 Å². The van der Waals surface area contributed by atoms with Crippen LogP contribution in [0.4, 0.5) is 19.0 Å². The van der Waals surface area contributed by atoms with Crippen LogP contribution in [0.5, 0.6) is 0 Å². The van der Waals surface area contributed by atoms with Gasteiger partial charge in [0.15, 0.2) is 0 Å². The van der Waals surface area contributed by atoms with Crippen LogP contribution in [0.25, 0.3) is 0 Å². The highest BCUT2D eigenvalue weighted by Crippen LogP contribution is 2.29. The minimum Gasteiger partial charge on any atom is -0.357 e. The summed E-state index contributed by atoms with van der Waals surface area (Å²) < 4.78 is 38.3. The molecule has 1 aromatic heterocycles. The number of pyridine rings is 1. The Labute approximate surface area is 193 Å². The van der Waals surface area contributed by atoms with Gasteiger partial charge in [-0.25, -0.2) is 4.98 Å². The van der Waals surface area contributed by atoms with E-state index in [2.05, 4.69) is 14.8 Å². The van der Waals surface area contributed by atoms with Crippen molar-refractivity contribution in [1.29, 1.82) is 0 Å². The molecule has 0 aliphatic carbocycles. The predicted octanol–water partition coefficient (Wildman–Crippen LogP) is 4.83. The molecule has 2 aromatic rings. The van der Waals surface area contributed by atoms with E-state index >= 15 is 0 Å². The largest absolute Gasteiger partial charge is 0.416 e. The smallest absolute Gasteiger partial charge is 0.357 e. The van der Waals surface area contributed by atoms with E-state index in [9.17, 15) is 18.0 Å². The first-order valence-electron chi connectivity index (χ1n) is 11.8. The molecule has 0 N–H and O–H groups in total. The van der Waals surface area contributed by atoms with Gasteiger partial charge in [0.05, 0.1) is 11.1 Å². The van der Waals surface area contributed by atoms with Gasteiger partial charge in [-0.3, -0.25) is 9.69 Å². The summed E-state index contributed by atoms with van der Waals surface area (Å²) in [4.78, 5) is 24.0. The maximum Gasteiger partial charge on any atom is 0.416 e. The zero-order valence-electron chi connectivity index (χ0n) is 18.9. The summed E-state index contributed by atoms with van der Waals surface area (Å²) in [6.07, 6.45) is 3.08. The highest BCUT2D eigenvalue weighted by atomic mass is 19.4. The SMILES string of the molecule is O=C(c1ccc(N2CCCCCC2)nc1)N1CCCN(Cc2ccc(C(F)(F)F)cc2)CC1. The van der Waals surface area contributed by atoms with Gasteiger partial charge in [-0.1, -0.05) is 25.0 Å². The van der Waals surface area contributed by atoms with Crippen molar-refractivity contribution < 1.29 is 18.0 Å². The Morgan fingerprint density at radius 3 is 2.18 bits per heavy atom. The molecule has 0 unspecified atom stereocenters. The van der Waals surface area contributed by atoms with Crippen molar-refractivity contribution in [2.24, 2.45) is 0 Å². The molecule has 0 radical (unpaired) electrons. The number of alkyl halides is 3. The first-order valence-corrected chi connectivity index (χ1v) is 11.8. The lowest BCUT2D eigenvalue weighted by atomic mass is 10.1. The number of halogens is 3. The van der Waals surface area contributed by atoms with Crippen molar-refractivity contribution in [3.05, 3.63) is 59.3 Å². The second-order valence-corrected chi connectivity index (χ2v) is 8.92. The topological polar surface area (TPSA) is 39.7 Å². The molecule has 1 aromatic carbocycles. The lowest BCUT2D eigenvalue weighted by Crippen LogP contribution is -2.35. The number of benzene rings is 1. The maximum atomic E-state index is 13.0. The van der Waals surface area contributed by atoms with E-state index in [0.717, 1.165) is 49.6 Å². The van der Waals surface area contributed by atoms with Crippen LogP contribution in [0, 0.1) is 0 Å². The standard InChI is InChI=1S/C25H31F3N4O/c26-25(27,28)22-9-6-20(7-10-22)19-30-12-5-15-32(17-16-30)24(33)21-8-11-23(29-18-21)31-13-3-1-2-4-14-31/h6-11,18H,1-5,12-17,19H2. The van der Waals surface area contributed by atoms with Crippen LogP contribution >= 0.6 is 0 Å². The Morgan fingerprint density at radius 1 is 0.818 bits per heavy atom. The third kappa shape index (κ3) is 6.25. The van der Waals surface area contributed by atoms with E-state index in [1.54, 1.807) is 6.20 Å². The van der Waals surface area contributed by atoms with Crippen LogP contribution in [-0.2, 0) is 12.7 Å². The normalized spacial score (nSPS) is 18.6. The van der Waals surface area contributed by atoms with Gasteiger partial charge >= 0.3 is 6.18 Å². The van der Waals surface area contributed by atoms with Crippen LogP contribution < -0.4 is 4.90 Å². The van der Waals surface area contributed by atoms with E-state index in [-0.39, 0.29) is 5.91 Å². The molecule has 0 atom stereocenters. The van der Waals surface area contributed by atoms with Crippen molar-refractivity contribution in [3.8, 4) is 0 Å². The van der Waals surface area contributed by atoms with Crippen molar-refractivity contribution in [2.45, 2.75) is 44.8 Å². The molecule has 0 bridgehead atoms. The molecule has 2 aliphatic rings. The van der Waals surface area contributed by atoms with Gasteiger partial charge < -0.3 is 9.80 Å². The van der Waals surface area contributed by atoms with Gasteiger partial charge in [0.1, 0.15) is 5.82 Å². The van der Waals surface area contributed by atoms with Gasteiger partial charge in [-0.05, 0) is 49.1 Å². The minimum atomic E-state index is -4.32. The third-order valence-corrected chi connectivity index (χ3v) is 6.49. The highest BCUT2D eigenvalue weighted by Gasteiger charge is 2.30. The molecule has 8 heteroatoms. The number of hydrogen-bond acceptors (Lipinski definition) is 4. The Kier molecular flexibility index (Phi) is 7.53. The molecule has 2 saturated heterocycles. The van der Waals surface area contributed by atoms with Gasteiger partial charge in [0.2, 0.25) is 0 Å². The first-order chi connectivity index (χ1) is 15.9. The quantitative estimate of drug-likeness (QED) is 0.655. The van der Waals surface area contributed by atoms with Gasteiger partial charge in [-0.2, -0.15) is 13.2 Å². The molecule has 33 heavy (non-hydrogen) atoms. The number of anilines is 1. The number of rotatable bonds is 4. The second-order valence-electron chi connectivity index (χ2n) is 8.92. The van der Waals surface area contributed by atoms with Crippen LogP contribution in [0.15, 0.2) is 42.6 Å². The molecule has 0 saturated carbocycles. The fourth-order valence-corrected chi connectivity index (χ4v) is 4.57. The average molecular weight is 461 g/mol. The van der Waals surface area contributed by atoms with Crippen molar-refractivity contribution >= 4 is 11.7 Å². The van der Waals surface area contributed by atoms with Gasteiger partial charge in [-0.15, -0.1) is 0 Å². The van der Waals surface area contributed by atoms with Crippen LogP contribution in [-0.4, -0.2) is 60.0 Å². The maximum absolute atomic E-state index is 13.0. The van der Waals surface area contributed by atoms with Crippen LogP contribution in [0.2, 0.25) is 0 Å². The summed E-state index contributed by atoms with van der Waals surface area (Å²) in [6, 6.07) is 9.16. The highest BCUT2D eigenvalue weighted by molar-refractivity contribution is 5.94. The Hall–Kier alpha value is -2.61. The Balaban J connectivity index is 1.32. The molecule has 2 fully saturated rings. The minimum absolute atomic E-state index is 0.0127. The summed E-state index contributed by atoms with van der Waals surface area (Å²) in [5, 5.41) is 0. The van der Waals surface area contributed by atoms with Crippen molar-refractivity contribution in [1.82, 2.24) is 14.8 Å². The summed E-state index contributed by atoms with van der Waals surface area (Å²) in [6.45, 7) is 5.35. The molecule has 178 valence electrons. The fourth-order valence-electron chi connectivity index (χ4n) is 4.57. The lowest BCUT2D eigenvalue weighted by Gasteiger charge is -2.23. The molecular formula is C25H31F3N4O. The number of aromatic nitrogens is 1. The molecule has 5 nitrogen and oxygen atoms in total. The molecule has 3 heterocycles. The van der Waals surface area contributed by atoms with Crippen LogP contribution in [0.1, 0.15) is 53.6 Å². The Morgan fingerprint density at radius 2 is 1.55 bits per heavy atom. The average Bonchev–Trinajstić information content (AvgIpc) is 3.22. The number of hydrogen-bond donors (Lipinski definition) is 0. The lowest BCUT2D eigenvalue weighted by molar-refractivity contribution is -0.137. The van der Waals surface area contributed by atoms with E-state index in [1.807, 2.05) is 17.0 Å². The summed E-state index contributed by atoms with van der Waals surface area (Å²) >= 11 is 0. The zero-order valence-corrected chi connectivity index (χ0v) is 18.9. The number of amides is 1. The number of carbonyl (C=O) groups excluding carboxylic acids is 1. The predicted molar refractivity (Wildman–Crippen MR) is 122 cm³/mol. The van der Waals surface area contributed by atoms with Crippen LogP contribution in [0.3, 0.4) is 0 Å². The molecular weight excluding hydrogens is 429 g/mol. The third-order valence-electron chi connectivity index (χ3n) is 6.49. The van der Waals surface area contributed by atoms with Gasteiger partial charge in [0.25, 0.3) is 5.91 Å². The number of carbonyl (C=O) groups is 1. The van der Waals surface area contributed by atoms with E-state index in [4.69, 9.17) is 0 Å². The molecule has 0 spiro atoms. The second kappa shape index (κ2) is 10.5. The summed E-state index contributed by atoms with van der Waals surface area (Å²) in [5.41, 5.74) is 0.815. The molecule has 2 aliphatic heterocycles.